The van der Waals surface area contributed by atoms with Crippen molar-refractivity contribution in [3.8, 4) is 0 Å². The lowest BCUT2D eigenvalue weighted by Gasteiger charge is -2.37. The Bertz CT molecular complexity index is 173. The first-order chi connectivity index (χ1) is 6.51. The second-order valence-corrected chi connectivity index (χ2v) is 4.10. The molecule has 2 nitrogen and oxygen atoms in total. The largest absolute Gasteiger partial charge is 0.377 e. The van der Waals surface area contributed by atoms with Crippen LogP contribution in [0.1, 0.15) is 40.5 Å². The molecule has 0 radical (unpaired) electrons. The number of methoxy groups -OCH3 is 1. The molecule has 2 unspecified atom stereocenters. The van der Waals surface area contributed by atoms with E-state index in [1.165, 1.54) is 0 Å². The first kappa shape index (κ1) is 13.7. The zero-order valence-electron chi connectivity index (χ0n) is 10.3. The summed E-state index contributed by atoms with van der Waals surface area (Å²) >= 11 is 0. The van der Waals surface area contributed by atoms with E-state index >= 15 is 0 Å². The van der Waals surface area contributed by atoms with Gasteiger partial charge in [-0.15, -0.1) is 0 Å². The lowest BCUT2D eigenvalue weighted by atomic mass is 9.88. The van der Waals surface area contributed by atoms with Crippen LogP contribution in [-0.2, 0) is 4.74 Å². The van der Waals surface area contributed by atoms with Crippen molar-refractivity contribution in [1.29, 1.82) is 0 Å². The van der Waals surface area contributed by atoms with Crippen LogP contribution < -0.4 is 5.32 Å². The molecular weight excluding hydrogens is 174 g/mol. The van der Waals surface area contributed by atoms with Crippen LogP contribution in [0.5, 0.6) is 0 Å². The predicted octanol–water partition coefficient (Wildman–Crippen LogP) is 2.75. The molecule has 0 saturated heterocycles. The number of nitrogens with one attached hydrogen (secondary N) is 1. The number of rotatable bonds is 7. The smallest absolute Gasteiger partial charge is 0.0838 e. The van der Waals surface area contributed by atoms with E-state index in [9.17, 15) is 0 Å². The van der Waals surface area contributed by atoms with Crippen LogP contribution in [0.4, 0.5) is 0 Å². The van der Waals surface area contributed by atoms with Crippen LogP contribution in [0, 0.1) is 0 Å². The lowest BCUT2D eigenvalue weighted by molar-refractivity contribution is -0.0189. The lowest BCUT2D eigenvalue weighted by Crippen LogP contribution is -2.50. The molecule has 2 heteroatoms. The average molecular weight is 199 g/mol. The van der Waals surface area contributed by atoms with E-state index in [0.29, 0.717) is 0 Å². The first-order valence-electron chi connectivity index (χ1n) is 5.45. The number of hydrogen-bond acceptors (Lipinski definition) is 2. The summed E-state index contributed by atoms with van der Waals surface area (Å²) in [7, 11) is 1.77. The molecule has 2 atom stereocenters. The van der Waals surface area contributed by atoms with Crippen LogP contribution in [0.2, 0.25) is 0 Å². The molecule has 84 valence electrons. The normalized spacial score (nSPS) is 17.5. The molecular formula is C12H25NO. The first-order valence-corrected chi connectivity index (χ1v) is 5.45. The Morgan fingerprint density at radius 2 is 2.07 bits per heavy atom. The third-order valence-corrected chi connectivity index (χ3v) is 2.87. The quantitative estimate of drug-likeness (QED) is 0.637. The van der Waals surface area contributed by atoms with Gasteiger partial charge in [0.2, 0.25) is 0 Å². The maximum absolute atomic E-state index is 5.58. The summed E-state index contributed by atoms with van der Waals surface area (Å²) in [6, 6.07) is 0.248. The summed E-state index contributed by atoms with van der Waals surface area (Å²) in [6.07, 6.45) is 2.12. The molecule has 0 saturated carbocycles. The van der Waals surface area contributed by atoms with E-state index < -0.39 is 0 Å². The van der Waals surface area contributed by atoms with Crippen LogP contribution in [0.15, 0.2) is 12.2 Å². The fourth-order valence-corrected chi connectivity index (χ4v) is 1.67. The van der Waals surface area contributed by atoms with Gasteiger partial charge >= 0.3 is 0 Å². The molecule has 0 aromatic rings. The van der Waals surface area contributed by atoms with Crippen molar-refractivity contribution < 1.29 is 4.74 Å². The fourth-order valence-electron chi connectivity index (χ4n) is 1.67. The van der Waals surface area contributed by atoms with Crippen LogP contribution in [-0.4, -0.2) is 25.3 Å². The average Bonchev–Trinajstić information content (AvgIpc) is 2.17. The van der Waals surface area contributed by atoms with Gasteiger partial charge in [0.1, 0.15) is 0 Å². The maximum atomic E-state index is 5.58. The third kappa shape index (κ3) is 3.43. The Kier molecular flexibility index (Phi) is 6.05. The summed E-state index contributed by atoms with van der Waals surface area (Å²) in [5.41, 5.74) is 1.01. The van der Waals surface area contributed by atoms with Gasteiger partial charge in [0.15, 0.2) is 0 Å². The topological polar surface area (TPSA) is 21.3 Å². The Labute approximate surface area is 88.7 Å². The zero-order chi connectivity index (χ0) is 11.2. The summed E-state index contributed by atoms with van der Waals surface area (Å²) in [4.78, 5) is 0. The zero-order valence-corrected chi connectivity index (χ0v) is 10.3. The molecule has 0 heterocycles. The Balaban J connectivity index is 4.52. The van der Waals surface area contributed by atoms with E-state index in [1.54, 1.807) is 7.11 Å². The Morgan fingerprint density at radius 3 is 2.36 bits per heavy atom. The molecule has 14 heavy (non-hydrogen) atoms. The van der Waals surface area contributed by atoms with Gasteiger partial charge in [0.05, 0.1) is 11.6 Å². The molecule has 0 aromatic carbocycles. The second-order valence-electron chi connectivity index (χ2n) is 4.10. The monoisotopic (exact) mass is 199 g/mol. The SMILES string of the molecule is C=C(C)C(NCCC)C(C)(CC)OC. The molecule has 0 aliphatic rings. The minimum atomic E-state index is -0.138. The van der Waals surface area contributed by atoms with E-state index in [1.807, 2.05) is 0 Å². The number of hydrogen-bond donors (Lipinski definition) is 1. The minimum Gasteiger partial charge on any atom is -0.377 e. The highest BCUT2D eigenvalue weighted by Gasteiger charge is 2.32. The van der Waals surface area contributed by atoms with Gasteiger partial charge < -0.3 is 10.1 Å². The van der Waals surface area contributed by atoms with Crippen molar-refractivity contribution in [2.75, 3.05) is 13.7 Å². The third-order valence-electron chi connectivity index (χ3n) is 2.87. The molecule has 0 bridgehead atoms. The molecule has 0 amide bonds. The Hall–Kier alpha value is -0.340. The summed E-state index contributed by atoms with van der Waals surface area (Å²) in [6.45, 7) is 13.5. The molecule has 0 spiro atoms. The van der Waals surface area contributed by atoms with Gasteiger partial charge in [-0.2, -0.15) is 0 Å². The minimum absolute atomic E-state index is 0.138. The van der Waals surface area contributed by atoms with Crippen molar-refractivity contribution in [2.24, 2.45) is 0 Å². The predicted molar refractivity (Wildman–Crippen MR) is 62.6 cm³/mol. The standard InChI is InChI=1S/C12H25NO/c1-7-9-13-11(10(3)4)12(5,8-2)14-6/h11,13H,3,7-9H2,1-2,4-6H3. The van der Waals surface area contributed by atoms with Gasteiger partial charge in [0, 0.05) is 7.11 Å². The van der Waals surface area contributed by atoms with Gasteiger partial charge in [-0.25, -0.2) is 0 Å². The van der Waals surface area contributed by atoms with E-state index in [-0.39, 0.29) is 11.6 Å². The summed E-state index contributed by atoms with van der Waals surface area (Å²) < 4.78 is 5.58. The summed E-state index contributed by atoms with van der Waals surface area (Å²) in [5, 5.41) is 3.49. The van der Waals surface area contributed by atoms with Crippen molar-refractivity contribution in [2.45, 2.75) is 52.2 Å². The van der Waals surface area contributed by atoms with Crippen molar-refractivity contribution in [1.82, 2.24) is 5.32 Å². The van der Waals surface area contributed by atoms with Gasteiger partial charge in [0.25, 0.3) is 0 Å². The van der Waals surface area contributed by atoms with Crippen molar-refractivity contribution >= 4 is 0 Å². The van der Waals surface area contributed by atoms with Crippen LogP contribution in [0.25, 0.3) is 0 Å². The molecule has 1 N–H and O–H groups in total. The summed E-state index contributed by atoms with van der Waals surface area (Å²) in [5.74, 6) is 0. The second kappa shape index (κ2) is 6.20. The van der Waals surface area contributed by atoms with Crippen molar-refractivity contribution in [3.63, 3.8) is 0 Å². The van der Waals surface area contributed by atoms with Crippen molar-refractivity contribution in [3.05, 3.63) is 12.2 Å². The highest BCUT2D eigenvalue weighted by atomic mass is 16.5. The highest BCUT2D eigenvalue weighted by Crippen LogP contribution is 2.23. The van der Waals surface area contributed by atoms with E-state index in [4.69, 9.17) is 4.74 Å². The van der Waals surface area contributed by atoms with E-state index in [2.05, 4.69) is 39.6 Å². The highest BCUT2D eigenvalue weighted by molar-refractivity contribution is 5.10. The van der Waals surface area contributed by atoms with E-state index in [0.717, 1.165) is 25.0 Å². The molecule has 0 aromatic heterocycles. The Morgan fingerprint density at radius 1 is 1.50 bits per heavy atom. The molecule has 0 fully saturated rings. The fraction of sp³-hybridized carbons (Fsp3) is 0.833. The van der Waals surface area contributed by atoms with Crippen LogP contribution in [0.3, 0.4) is 0 Å². The van der Waals surface area contributed by atoms with Gasteiger partial charge in [-0.1, -0.05) is 26.0 Å². The molecule has 0 aliphatic carbocycles. The van der Waals surface area contributed by atoms with Gasteiger partial charge in [-0.05, 0) is 33.2 Å². The van der Waals surface area contributed by atoms with Crippen LogP contribution >= 0.6 is 0 Å². The molecule has 0 aliphatic heterocycles. The molecule has 0 rings (SSSR count). The maximum Gasteiger partial charge on any atom is 0.0838 e. The van der Waals surface area contributed by atoms with Gasteiger partial charge in [-0.3, -0.25) is 0 Å². The number of ether oxygens (including phenoxy) is 1.